The van der Waals surface area contributed by atoms with Gasteiger partial charge in [-0.1, -0.05) is 6.07 Å². The van der Waals surface area contributed by atoms with Crippen LogP contribution >= 0.6 is 11.3 Å². The summed E-state index contributed by atoms with van der Waals surface area (Å²) in [7, 11) is 0. The topological polar surface area (TPSA) is 81.8 Å². The van der Waals surface area contributed by atoms with Crippen LogP contribution < -0.4 is 0 Å². The third-order valence-corrected chi connectivity index (χ3v) is 3.82. The van der Waals surface area contributed by atoms with Gasteiger partial charge >= 0.3 is 5.97 Å². The lowest BCUT2D eigenvalue weighted by atomic mass is 10.1. The van der Waals surface area contributed by atoms with E-state index in [0.29, 0.717) is 11.1 Å². The molecule has 2 aromatic rings. The molecule has 110 valence electrons. The summed E-state index contributed by atoms with van der Waals surface area (Å²) in [6, 6.07) is 6.45. The Kier molecular flexibility index (Phi) is 3.56. The fourth-order valence-corrected chi connectivity index (χ4v) is 2.60. The van der Waals surface area contributed by atoms with Crippen molar-refractivity contribution in [3.8, 4) is 0 Å². The van der Waals surface area contributed by atoms with Gasteiger partial charge in [-0.25, -0.2) is 9.79 Å². The number of nitro groups is 1. The molecule has 2 heterocycles. The molecule has 0 saturated heterocycles. The fourth-order valence-electron chi connectivity index (χ4n) is 1.99. The molecule has 0 spiro atoms. The summed E-state index contributed by atoms with van der Waals surface area (Å²) in [5.41, 5.74) is 1.94. The molecule has 6 nitrogen and oxygen atoms in total. The van der Waals surface area contributed by atoms with Crippen molar-refractivity contribution in [2.75, 3.05) is 0 Å². The van der Waals surface area contributed by atoms with Crippen LogP contribution in [0.4, 0.5) is 5.69 Å². The minimum absolute atomic E-state index is 0.0356. The van der Waals surface area contributed by atoms with Crippen LogP contribution in [-0.4, -0.2) is 16.8 Å². The Morgan fingerprint density at radius 2 is 2.18 bits per heavy atom. The highest BCUT2D eigenvalue weighted by Gasteiger charge is 2.25. The van der Waals surface area contributed by atoms with Crippen molar-refractivity contribution in [3.63, 3.8) is 0 Å². The van der Waals surface area contributed by atoms with Crippen LogP contribution in [0.5, 0.6) is 0 Å². The largest absolute Gasteiger partial charge is 0.402 e. The summed E-state index contributed by atoms with van der Waals surface area (Å²) in [5, 5.41) is 14.7. The monoisotopic (exact) mass is 314 g/mol. The van der Waals surface area contributed by atoms with Crippen LogP contribution in [0.1, 0.15) is 16.7 Å². The maximum atomic E-state index is 11.8. The first-order chi connectivity index (χ1) is 10.5. The molecule has 3 rings (SSSR count). The average molecular weight is 314 g/mol. The first kappa shape index (κ1) is 14.2. The second-order valence-corrected chi connectivity index (χ2v) is 5.43. The van der Waals surface area contributed by atoms with E-state index in [-0.39, 0.29) is 17.3 Å². The highest BCUT2D eigenvalue weighted by Crippen LogP contribution is 2.24. The second kappa shape index (κ2) is 5.53. The SMILES string of the molecule is Cc1ccc(C2=N/C(=C\c3ccsc3)C(=O)O2)cc1[N+](=O)[O-]. The van der Waals surface area contributed by atoms with E-state index in [1.165, 1.54) is 17.4 Å². The number of hydrogen-bond donors (Lipinski definition) is 0. The number of rotatable bonds is 3. The minimum Gasteiger partial charge on any atom is -0.402 e. The number of carbonyl (C=O) groups is 1. The number of carbonyl (C=O) groups excluding carboxylic acids is 1. The van der Waals surface area contributed by atoms with Crippen LogP contribution in [0, 0.1) is 17.0 Å². The zero-order valence-electron chi connectivity index (χ0n) is 11.5. The van der Waals surface area contributed by atoms with Crippen molar-refractivity contribution in [2.45, 2.75) is 6.92 Å². The van der Waals surface area contributed by atoms with Gasteiger partial charge < -0.3 is 4.74 Å². The first-order valence-corrected chi connectivity index (χ1v) is 7.29. The van der Waals surface area contributed by atoms with Gasteiger partial charge in [-0.3, -0.25) is 10.1 Å². The van der Waals surface area contributed by atoms with Gasteiger partial charge in [0.15, 0.2) is 5.70 Å². The van der Waals surface area contributed by atoms with E-state index in [1.807, 2.05) is 16.8 Å². The Morgan fingerprint density at radius 1 is 1.36 bits per heavy atom. The molecular weight excluding hydrogens is 304 g/mol. The molecule has 0 unspecified atom stereocenters. The van der Waals surface area contributed by atoms with Crippen LogP contribution in [0.2, 0.25) is 0 Å². The first-order valence-electron chi connectivity index (χ1n) is 6.35. The Bertz CT molecular complexity index is 822. The number of aryl methyl sites for hydroxylation is 1. The number of nitro benzene ring substituents is 1. The number of benzene rings is 1. The van der Waals surface area contributed by atoms with Crippen molar-refractivity contribution in [1.82, 2.24) is 0 Å². The van der Waals surface area contributed by atoms with E-state index in [9.17, 15) is 14.9 Å². The molecule has 0 amide bonds. The average Bonchev–Trinajstić information content (AvgIpc) is 3.10. The van der Waals surface area contributed by atoms with Crippen molar-refractivity contribution < 1.29 is 14.5 Å². The van der Waals surface area contributed by atoms with Gasteiger partial charge in [-0.05, 0) is 41.5 Å². The number of cyclic esters (lactones) is 1. The van der Waals surface area contributed by atoms with Gasteiger partial charge in [0.05, 0.1) is 4.92 Å². The molecule has 1 aliphatic heterocycles. The maximum absolute atomic E-state index is 11.8. The van der Waals surface area contributed by atoms with Gasteiger partial charge in [0.2, 0.25) is 5.90 Å². The summed E-state index contributed by atoms with van der Waals surface area (Å²) >= 11 is 1.51. The molecule has 1 aliphatic rings. The van der Waals surface area contributed by atoms with Crippen molar-refractivity contribution >= 4 is 35.0 Å². The van der Waals surface area contributed by atoms with Crippen LogP contribution in [0.25, 0.3) is 6.08 Å². The van der Waals surface area contributed by atoms with E-state index in [4.69, 9.17) is 4.74 Å². The lowest BCUT2D eigenvalue weighted by Crippen LogP contribution is -2.06. The highest BCUT2D eigenvalue weighted by molar-refractivity contribution is 7.08. The Labute approximate surface area is 129 Å². The standard InChI is InChI=1S/C15H10N2O4S/c1-9-2-3-11(7-13(9)17(19)20)14-16-12(15(18)21-14)6-10-4-5-22-8-10/h2-8H,1H3/b12-6-. The highest BCUT2D eigenvalue weighted by atomic mass is 32.1. The van der Waals surface area contributed by atoms with Crippen molar-refractivity contribution in [1.29, 1.82) is 0 Å². The summed E-state index contributed by atoms with van der Waals surface area (Å²) in [4.78, 5) is 26.5. The minimum atomic E-state index is -0.565. The van der Waals surface area contributed by atoms with Gasteiger partial charge in [0.1, 0.15) is 0 Å². The van der Waals surface area contributed by atoms with Crippen LogP contribution in [0.15, 0.2) is 45.7 Å². The lowest BCUT2D eigenvalue weighted by Gasteiger charge is -2.01. The maximum Gasteiger partial charge on any atom is 0.363 e. The summed E-state index contributed by atoms with van der Waals surface area (Å²) in [6.45, 7) is 1.65. The predicted molar refractivity (Wildman–Crippen MR) is 82.8 cm³/mol. The van der Waals surface area contributed by atoms with E-state index >= 15 is 0 Å². The molecule has 0 radical (unpaired) electrons. The summed E-state index contributed by atoms with van der Waals surface area (Å²) < 4.78 is 5.11. The number of thiophene rings is 1. The van der Waals surface area contributed by atoms with E-state index in [0.717, 1.165) is 5.56 Å². The molecule has 22 heavy (non-hydrogen) atoms. The molecule has 0 fully saturated rings. The predicted octanol–water partition coefficient (Wildman–Crippen LogP) is 3.31. The zero-order chi connectivity index (χ0) is 15.7. The molecule has 7 heteroatoms. The summed E-state index contributed by atoms with van der Waals surface area (Å²) in [6.07, 6.45) is 1.62. The molecular formula is C15H10N2O4S. The second-order valence-electron chi connectivity index (χ2n) is 4.65. The quantitative estimate of drug-likeness (QED) is 0.377. The molecule has 1 aromatic carbocycles. The zero-order valence-corrected chi connectivity index (χ0v) is 12.3. The smallest absolute Gasteiger partial charge is 0.363 e. The number of nitrogens with zero attached hydrogens (tertiary/aromatic N) is 2. The van der Waals surface area contributed by atoms with Gasteiger partial charge in [0.25, 0.3) is 5.69 Å². The lowest BCUT2D eigenvalue weighted by molar-refractivity contribution is -0.385. The third-order valence-electron chi connectivity index (χ3n) is 3.12. The normalized spacial score (nSPS) is 15.8. The number of ether oxygens (including phenoxy) is 1. The van der Waals surface area contributed by atoms with Crippen molar-refractivity contribution in [3.05, 3.63) is 67.5 Å². The third kappa shape index (κ3) is 2.66. The molecule has 1 aromatic heterocycles. The molecule has 0 aliphatic carbocycles. The molecule has 0 atom stereocenters. The number of hydrogen-bond acceptors (Lipinski definition) is 6. The Morgan fingerprint density at radius 3 is 2.86 bits per heavy atom. The van der Waals surface area contributed by atoms with Crippen LogP contribution in [0.3, 0.4) is 0 Å². The summed E-state index contributed by atoms with van der Waals surface area (Å²) in [5.74, 6) is -0.487. The molecule has 0 N–H and O–H groups in total. The van der Waals surface area contributed by atoms with Gasteiger partial charge in [-0.15, -0.1) is 0 Å². The van der Waals surface area contributed by atoms with E-state index in [1.54, 1.807) is 25.1 Å². The van der Waals surface area contributed by atoms with E-state index < -0.39 is 10.9 Å². The van der Waals surface area contributed by atoms with Crippen LogP contribution in [-0.2, 0) is 9.53 Å². The fraction of sp³-hybridized carbons (Fsp3) is 0.0667. The Balaban J connectivity index is 1.98. The Hall–Kier alpha value is -2.80. The molecule has 0 saturated carbocycles. The van der Waals surface area contributed by atoms with Crippen molar-refractivity contribution in [2.24, 2.45) is 4.99 Å². The van der Waals surface area contributed by atoms with Gasteiger partial charge in [-0.2, -0.15) is 11.3 Å². The molecule has 0 bridgehead atoms. The van der Waals surface area contributed by atoms with Gasteiger partial charge in [0, 0.05) is 17.2 Å². The number of aliphatic imine (C=N–C) groups is 1. The van der Waals surface area contributed by atoms with E-state index in [2.05, 4.69) is 4.99 Å². The number of esters is 1.